The average Bonchev–Trinajstić information content (AvgIpc) is 3.23. The van der Waals surface area contributed by atoms with Gasteiger partial charge in [-0.1, -0.05) is 12.8 Å². The number of aliphatic hydroxyl groups is 1. The molecule has 5 nitrogen and oxygen atoms in total. The van der Waals surface area contributed by atoms with Gasteiger partial charge in [-0.3, -0.25) is 4.79 Å². The summed E-state index contributed by atoms with van der Waals surface area (Å²) in [6.45, 7) is 0.307. The number of carbonyl (C=O) groups is 1. The van der Waals surface area contributed by atoms with Crippen LogP contribution in [0.1, 0.15) is 35.4 Å². The Morgan fingerprint density at radius 1 is 1.35 bits per heavy atom. The standard InChI is InChI=1S/C17H20N2O3S/c1-22-13-6-4-12(5-7-13)16-18-10-14(23-16)15(20)19-11-17(21)8-2-3-9-17/h4-7,10,21H,2-3,8-9,11H2,1H3,(H,19,20). The van der Waals surface area contributed by atoms with Crippen molar-refractivity contribution in [2.24, 2.45) is 0 Å². The van der Waals surface area contributed by atoms with E-state index in [0.717, 1.165) is 42.0 Å². The van der Waals surface area contributed by atoms with E-state index in [9.17, 15) is 9.90 Å². The molecule has 0 radical (unpaired) electrons. The largest absolute Gasteiger partial charge is 0.497 e. The van der Waals surface area contributed by atoms with Crippen LogP contribution in [0, 0.1) is 0 Å². The first-order valence-corrected chi connectivity index (χ1v) is 8.52. The fourth-order valence-electron chi connectivity index (χ4n) is 2.79. The molecule has 0 aliphatic heterocycles. The number of hydrogen-bond acceptors (Lipinski definition) is 5. The molecule has 2 N–H and O–H groups in total. The topological polar surface area (TPSA) is 71.5 Å². The molecule has 1 aliphatic rings. The van der Waals surface area contributed by atoms with Crippen LogP contribution in [0.4, 0.5) is 0 Å². The van der Waals surface area contributed by atoms with Gasteiger partial charge in [0.25, 0.3) is 5.91 Å². The molecule has 1 fully saturated rings. The van der Waals surface area contributed by atoms with E-state index in [1.165, 1.54) is 11.3 Å². The monoisotopic (exact) mass is 332 g/mol. The highest BCUT2D eigenvalue weighted by atomic mass is 32.1. The van der Waals surface area contributed by atoms with E-state index in [1.54, 1.807) is 13.3 Å². The van der Waals surface area contributed by atoms with Crippen molar-refractivity contribution < 1.29 is 14.6 Å². The lowest BCUT2D eigenvalue weighted by Gasteiger charge is -2.21. The first kappa shape index (κ1) is 16.0. The summed E-state index contributed by atoms with van der Waals surface area (Å²) in [6.07, 6.45) is 5.14. The zero-order valence-electron chi connectivity index (χ0n) is 13.0. The molecule has 122 valence electrons. The smallest absolute Gasteiger partial charge is 0.263 e. The Bertz CT molecular complexity index is 675. The van der Waals surface area contributed by atoms with Crippen molar-refractivity contribution in [3.8, 4) is 16.3 Å². The highest BCUT2D eigenvalue weighted by Crippen LogP contribution is 2.29. The van der Waals surface area contributed by atoms with E-state index in [1.807, 2.05) is 24.3 Å². The third kappa shape index (κ3) is 3.71. The Kier molecular flexibility index (Phi) is 4.63. The second-order valence-electron chi connectivity index (χ2n) is 5.87. The van der Waals surface area contributed by atoms with Gasteiger partial charge in [-0.15, -0.1) is 11.3 Å². The van der Waals surface area contributed by atoms with E-state index < -0.39 is 5.60 Å². The summed E-state index contributed by atoms with van der Waals surface area (Å²) in [7, 11) is 1.62. The van der Waals surface area contributed by atoms with Gasteiger partial charge in [0.15, 0.2) is 0 Å². The van der Waals surface area contributed by atoms with Crippen molar-refractivity contribution in [2.75, 3.05) is 13.7 Å². The molecule has 0 spiro atoms. The third-order valence-electron chi connectivity index (χ3n) is 4.18. The molecule has 6 heteroatoms. The van der Waals surface area contributed by atoms with Crippen LogP contribution in [-0.2, 0) is 0 Å². The van der Waals surface area contributed by atoms with Gasteiger partial charge in [0.2, 0.25) is 0 Å². The molecule has 3 rings (SSSR count). The van der Waals surface area contributed by atoms with E-state index in [4.69, 9.17) is 4.74 Å². The molecule has 1 amide bonds. The number of hydrogen-bond donors (Lipinski definition) is 2. The number of aromatic nitrogens is 1. The predicted octanol–water partition coefficient (Wildman–Crippen LogP) is 2.85. The molecule has 1 heterocycles. The van der Waals surface area contributed by atoms with Crippen LogP contribution in [0.3, 0.4) is 0 Å². The average molecular weight is 332 g/mol. The minimum absolute atomic E-state index is 0.178. The Hall–Kier alpha value is -1.92. The van der Waals surface area contributed by atoms with E-state index in [0.29, 0.717) is 11.4 Å². The number of nitrogens with zero attached hydrogens (tertiary/aromatic N) is 1. The second kappa shape index (κ2) is 6.68. The van der Waals surface area contributed by atoms with E-state index in [2.05, 4.69) is 10.3 Å². The maximum absolute atomic E-state index is 12.2. The van der Waals surface area contributed by atoms with Gasteiger partial charge >= 0.3 is 0 Å². The maximum atomic E-state index is 12.2. The first-order chi connectivity index (χ1) is 11.1. The number of benzene rings is 1. The van der Waals surface area contributed by atoms with Gasteiger partial charge in [-0.2, -0.15) is 0 Å². The van der Waals surface area contributed by atoms with Crippen LogP contribution in [0.15, 0.2) is 30.5 Å². The number of nitrogens with one attached hydrogen (secondary N) is 1. The summed E-state index contributed by atoms with van der Waals surface area (Å²) >= 11 is 1.34. The van der Waals surface area contributed by atoms with Crippen LogP contribution >= 0.6 is 11.3 Å². The molecule has 1 aromatic carbocycles. The predicted molar refractivity (Wildman–Crippen MR) is 89.9 cm³/mol. The van der Waals surface area contributed by atoms with Crippen LogP contribution in [0.25, 0.3) is 10.6 Å². The molecule has 1 saturated carbocycles. The van der Waals surface area contributed by atoms with Gasteiger partial charge in [0.05, 0.1) is 18.9 Å². The molecule has 2 aromatic rings. The Morgan fingerprint density at radius 3 is 2.70 bits per heavy atom. The van der Waals surface area contributed by atoms with Crippen LogP contribution < -0.4 is 10.1 Å². The van der Waals surface area contributed by atoms with Crippen molar-refractivity contribution >= 4 is 17.2 Å². The zero-order valence-corrected chi connectivity index (χ0v) is 13.9. The van der Waals surface area contributed by atoms with Gasteiger partial charge in [0, 0.05) is 12.1 Å². The molecule has 0 atom stereocenters. The molecule has 0 saturated heterocycles. The maximum Gasteiger partial charge on any atom is 0.263 e. The number of amides is 1. The Labute approximate surface area is 139 Å². The molecule has 0 bridgehead atoms. The SMILES string of the molecule is COc1ccc(-c2ncc(C(=O)NCC3(O)CCCC3)s2)cc1. The van der Waals surface area contributed by atoms with Crippen molar-refractivity contribution in [3.05, 3.63) is 35.3 Å². The van der Waals surface area contributed by atoms with Crippen molar-refractivity contribution in [2.45, 2.75) is 31.3 Å². The number of ether oxygens (including phenoxy) is 1. The lowest BCUT2D eigenvalue weighted by Crippen LogP contribution is -2.40. The molecule has 0 unspecified atom stereocenters. The molecular formula is C17H20N2O3S. The van der Waals surface area contributed by atoms with Crippen LogP contribution in [0.2, 0.25) is 0 Å². The molecule has 1 aromatic heterocycles. The number of methoxy groups -OCH3 is 1. The van der Waals surface area contributed by atoms with Gasteiger partial charge in [0.1, 0.15) is 15.6 Å². The highest BCUT2D eigenvalue weighted by molar-refractivity contribution is 7.16. The first-order valence-electron chi connectivity index (χ1n) is 7.70. The lowest BCUT2D eigenvalue weighted by atomic mass is 10.0. The van der Waals surface area contributed by atoms with E-state index >= 15 is 0 Å². The lowest BCUT2D eigenvalue weighted by molar-refractivity contribution is 0.0450. The second-order valence-corrected chi connectivity index (χ2v) is 6.90. The summed E-state index contributed by atoms with van der Waals surface area (Å²) in [4.78, 5) is 17.1. The quantitative estimate of drug-likeness (QED) is 0.883. The van der Waals surface area contributed by atoms with Gasteiger partial charge in [-0.25, -0.2) is 4.98 Å². The van der Waals surface area contributed by atoms with Crippen molar-refractivity contribution in [1.82, 2.24) is 10.3 Å². The Balaban J connectivity index is 1.64. The minimum atomic E-state index is -0.737. The van der Waals surface area contributed by atoms with Crippen molar-refractivity contribution in [1.29, 1.82) is 0 Å². The molecule has 1 aliphatic carbocycles. The number of thiazole rings is 1. The summed E-state index contributed by atoms with van der Waals surface area (Å²) in [5.41, 5.74) is 0.211. The number of rotatable bonds is 5. The van der Waals surface area contributed by atoms with Crippen LogP contribution in [0.5, 0.6) is 5.75 Å². The molecule has 23 heavy (non-hydrogen) atoms. The highest BCUT2D eigenvalue weighted by Gasteiger charge is 2.31. The van der Waals surface area contributed by atoms with Crippen LogP contribution in [-0.4, -0.2) is 35.3 Å². The molecular weight excluding hydrogens is 312 g/mol. The summed E-state index contributed by atoms with van der Waals surface area (Å²) < 4.78 is 5.13. The number of carbonyl (C=O) groups excluding carboxylic acids is 1. The normalized spacial score (nSPS) is 16.3. The van der Waals surface area contributed by atoms with Crippen molar-refractivity contribution in [3.63, 3.8) is 0 Å². The fourth-order valence-corrected chi connectivity index (χ4v) is 3.63. The fraction of sp³-hybridized carbons (Fsp3) is 0.412. The minimum Gasteiger partial charge on any atom is -0.497 e. The summed E-state index contributed by atoms with van der Waals surface area (Å²) in [6, 6.07) is 7.57. The van der Waals surface area contributed by atoms with Gasteiger partial charge < -0.3 is 15.2 Å². The Morgan fingerprint density at radius 2 is 2.04 bits per heavy atom. The van der Waals surface area contributed by atoms with E-state index in [-0.39, 0.29) is 5.91 Å². The van der Waals surface area contributed by atoms with Gasteiger partial charge in [-0.05, 0) is 37.1 Å². The summed E-state index contributed by atoms with van der Waals surface area (Å²) in [5, 5.41) is 13.9. The zero-order chi connectivity index (χ0) is 16.3. The summed E-state index contributed by atoms with van der Waals surface area (Å²) in [5.74, 6) is 0.607. The third-order valence-corrected chi connectivity index (χ3v) is 5.22.